The summed E-state index contributed by atoms with van der Waals surface area (Å²) < 4.78 is 5.66. The summed E-state index contributed by atoms with van der Waals surface area (Å²) in [7, 11) is 1.85. The maximum absolute atomic E-state index is 5.66. The average molecular weight is 375 g/mol. The summed E-state index contributed by atoms with van der Waals surface area (Å²) in [4.78, 5) is 6.91. The fourth-order valence-corrected chi connectivity index (χ4v) is 3.37. The summed E-state index contributed by atoms with van der Waals surface area (Å²) in [5.74, 6) is 1.36. The number of hydrogen-bond donors (Lipinski definition) is 2. The minimum atomic E-state index is 0.320. The van der Waals surface area contributed by atoms with E-state index >= 15 is 0 Å². The molecule has 0 amide bonds. The molecule has 0 aliphatic carbocycles. The zero-order chi connectivity index (χ0) is 19.6. The molecular weight excluding hydrogens is 336 g/mol. The Morgan fingerprint density at radius 2 is 1.85 bits per heavy atom. The van der Waals surface area contributed by atoms with Gasteiger partial charge in [0.2, 0.25) is 0 Å². The molecule has 0 bridgehead atoms. The van der Waals surface area contributed by atoms with Crippen molar-refractivity contribution in [1.29, 1.82) is 0 Å². The molecule has 1 saturated heterocycles. The first-order valence-corrected chi connectivity index (χ1v) is 10.4. The van der Waals surface area contributed by atoms with Crippen molar-refractivity contribution < 1.29 is 4.74 Å². The van der Waals surface area contributed by atoms with E-state index in [-0.39, 0.29) is 0 Å². The largest absolute Gasteiger partial charge is 0.377 e. The number of hydrogen-bond acceptors (Lipinski definition) is 3. The van der Waals surface area contributed by atoms with Gasteiger partial charge in [-0.05, 0) is 45.1 Å². The van der Waals surface area contributed by atoms with Crippen LogP contribution >= 0.6 is 0 Å². The Hall–Kier alpha value is -1.59. The molecule has 0 aromatic heterocycles. The first-order chi connectivity index (χ1) is 13.0. The number of ether oxygens (including phenoxy) is 1. The molecule has 0 radical (unpaired) electrons. The molecule has 1 aromatic rings. The number of aliphatic imine (C=N–C) groups is 1. The second-order valence-corrected chi connectivity index (χ2v) is 7.94. The Morgan fingerprint density at radius 1 is 1.19 bits per heavy atom. The van der Waals surface area contributed by atoms with Crippen molar-refractivity contribution in [2.75, 3.05) is 39.8 Å². The lowest BCUT2D eigenvalue weighted by atomic mass is 10.00. The van der Waals surface area contributed by atoms with E-state index in [0.29, 0.717) is 18.1 Å². The van der Waals surface area contributed by atoms with E-state index in [2.05, 4.69) is 72.5 Å². The summed E-state index contributed by atoms with van der Waals surface area (Å²) in [6.45, 7) is 13.6. The van der Waals surface area contributed by atoms with Gasteiger partial charge in [0, 0.05) is 39.3 Å². The number of nitrogens with zero attached hydrogens (tertiary/aromatic N) is 2. The van der Waals surface area contributed by atoms with Gasteiger partial charge in [0.25, 0.3) is 0 Å². The molecule has 5 nitrogen and oxygen atoms in total. The van der Waals surface area contributed by atoms with Crippen molar-refractivity contribution in [3.05, 3.63) is 35.4 Å². The molecule has 1 heterocycles. The molecule has 0 saturated carbocycles. The molecule has 2 N–H and O–H groups in total. The number of piperidine rings is 1. The number of aryl methyl sites for hydroxylation is 1. The molecule has 2 rings (SSSR count). The number of rotatable bonds is 8. The van der Waals surface area contributed by atoms with Crippen molar-refractivity contribution in [2.24, 2.45) is 4.99 Å². The van der Waals surface area contributed by atoms with Crippen LogP contribution in [0.2, 0.25) is 0 Å². The Balaban J connectivity index is 1.69. The van der Waals surface area contributed by atoms with Crippen LogP contribution in [0.15, 0.2) is 29.3 Å². The van der Waals surface area contributed by atoms with Gasteiger partial charge in [-0.15, -0.1) is 0 Å². The molecule has 1 fully saturated rings. The van der Waals surface area contributed by atoms with Crippen molar-refractivity contribution in [1.82, 2.24) is 15.5 Å². The predicted octanol–water partition coefficient (Wildman–Crippen LogP) is 3.15. The van der Waals surface area contributed by atoms with Crippen molar-refractivity contribution >= 4 is 5.96 Å². The maximum atomic E-state index is 5.66. The highest BCUT2D eigenvalue weighted by Crippen LogP contribution is 2.15. The van der Waals surface area contributed by atoms with Gasteiger partial charge in [-0.2, -0.15) is 0 Å². The van der Waals surface area contributed by atoms with Crippen LogP contribution in [-0.4, -0.2) is 62.8 Å². The second kappa shape index (κ2) is 11.3. The van der Waals surface area contributed by atoms with E-state index in [9.17, 15) is 0 Å². The smallest absolute Gasteiger partial charge is 0.191 e. The summed E-state index contributed by atoms with van der Waals surface area (Å²) in [6, 6.07) is 9.29. The van der Waals surface area contributed by atoms with Crippen molar-refractivity contribution in [3.8, 4) is 0 Å². The van der Waals surface area contributed by atoms with Crippen LogP contribution in [0.25, 0.3) is 0 Å². The highest BCUT2D eigenvalue weighted by molar-refractivity contribution is 5.80. The van der Waals surface area contributed by atoms with Crippen LogP contribution in [0.3, 0.4) is 0 Å². The number of nitrogens with one attached hydrogen (secondary N) is 2. The van der Waals surface area contributed by atoms with E-state index in [1.54, 1.807) is 0 Å². The van der Waals surface area contributed by atoms with E-state index in [4.69, 9.17) is 4.74 Å². The van der Waals surface area contributed by atoms with Gasteiger partial charge < -0.3 is 20.3 Å². The van der Waals surface area contributed by atoms with E-state index in [1.165, 1.54) is 11.1 Å². The average Bonchev–Trinajstić information content (AvgIpc) is 2.66. The van der Waals surface area contributed by atoms with Gasteiger partial charge in [-0.3, -0.25) is 4.99 Å². The quantitative estimate of drug-likeness (QED) is 0.542. The Kier molecular flexibility index (Phi) is 9.08. The molecule has 1 aromatic carbocycles. The Bertz CT molecular complexity index is 562. The van der Waals surface area contributed by atoms with E-state index < -0.39 is 0 Å². The van der Waals surface area contributed by atoms with Gasteiger partial charge in [0.15, 0.2) is 5.96 Å². The molecule has 1 aliphatic heterocycles. The van der Waals surface area contributed by atoms with Crippen LogP contribution < -0.4 is 10.6 Å². The van der Waals surface area contributed by atoms with E-state index in [0.717, 1.165) is 51.6 Å². The van der Waals surface area contributed by atoms with E-state index in [1.807, 2.05) is 7.05 Å². The number of guanidine groups is 1. The molecule has 27 heavy (non-hydrogen) atoms. The minimum absolute atomic E-state index is 0.320. The standard InChI is InChI=1S/C22H38N4O/c1-17(2)27-15-14-26-12-10-21(11-13-26)25-22(23-5)24-16-19(4)20-8-6-18(3)7-9-20/h6-9,17,19,21H,10-16H2,1-5H3,(H2,23,24,25). The van der Waals surface area contributed by atoms with Gasteiger partial charge in [0.1, 0.15) is 0 Å². The number of likely N-dealkylation sites (tertiary alicyclic amines) is 1. The monoisotopic (exact) mass is 374 g/mol. The van der Waals surface area contributed by atoms with Gasteiger partial charge in [0.05, 0.1) is 12.7 Å². The summed E-state index contributed by atoms with van der Waals surface area (Å²) in [5, 5.41) is 7.09. The van der Waals surface area contributed by atoms with Crippen LogP contribution in [0.1, 0.15) is 50.7 Å². The van der Waals surface area contributed by atoms with Crippen LogP contribution in [0, 0.1) is 6.92 Å². The zero-order valence-electron chi connectivity index (χ0n) is 17.8. The SMILES string of the molecule is CN=C(NCC(C)c1ccc(C)cc1)NC1CCN(CCOC(C)C)CC1. The highest BCUT2D eigenvalue weighted by Gasteiger charge is 2.20. The fraction of sp³-hybridized carbons (Fsp3) is 0.682. The molecule has 0 spiro atoms. The van der Waals surface area contributed by atoms with Crippen LogP contribution in [0.5, 0.6) is 0 Å². The summed E-state index contributed by atoms with van der Waals surface area (Å²) >= 11 is 0. The number of benzene rings is 1. The third kappa shape index (κ3) is 7.89. The lowest BCUT2D eigenvalue weighted by Gasteiger charge is -2.33. The third-order valence-electron chi connectivity index (χ3n) is 5.23. The zero-order valence-corrected chi connectivity index (χ0v) is 17.8. The first kappa shape index (κ1) is 21.7. The summed E-state index contributed by atoms with van der Waals surface area (Å²) in [6.07, 6.45) is 2.62. The predicted molar refractivity (Wildman–Crippen MR) is 115 cm³/mol. The van der Waals surface area contributed by atoms with Crippen molar-refractivity contribution in [2.45, 2.75) is 58.6 Å². The normalized spacial score (nSPS) is 17.9. The molecule has 1 unspecified atom stereocenters. The molecule has 1 atom stereocenters. The first-order valence-electron chi connectivity index (χ1n) is 10.4. The van der Waals surface area contributed by atoms with Gasteiger partial charge in [-0.1, -0.05) is 36.8 Å². The summed E-state index contributed by atoms with van der Waals surface area (Å²) in [5.41, 5.74) is 2.67. The molecule has 1 aliphatic rings. The lowest BCUT2D eigenvalue weighted by Crippen LogP contribution is -2.49. The Labute approximate surface area is 165 Å². The minimum Gasteiger partial charge on any atom is -0.377 e. The van der Waals surface area contributed by atoms with Crippen molar-refractivity contribution in [3.63, 3.8) is 0 Å². The molecule has 152 valence electrons. The van der Waals surface area contributed by atoms with Crippen LogP contribution in [-0.2, 0) is 4.74 Å². The third-order valence-corrected chi connectivity index (χ3v) is 5.23. The van der Waals surface area contributed by atoms with Crippen LogP contribution in [0.4, 0.5) is 0 Å². The fourth-order valence-electron chi connectivity index (χ4n) is 3.37. The second-order valence-electron chi connectivity index (χ2n) is 7.94. The molecule has 5 heteroatoms. The Morgan fingerprint density at radius 3 is 2.44 bits per heavy atom. The lowest BCUT2D eigenvalue weighted by molar-refractivity contribution is 0.0532. The van der Waals surface area contributed by atoms with Gasteiger partial charge >= 0.3 is 0 Å². The topological polar surface area (TPSA) is 48.9 Å². The molecular formula is C22H38N4O. The van der Waals surface area contributed by atoms with Gasteiger partial charge in [-0.25, -0.2) is 0 Å². The maximum Gasteiger partial charge on any atom is 0.191 e. The highest BCUT2D eigenvalue weighted by atomic mass is 16.5.